The van der Waals surface area contributed by atoms with Gasteiger partial charge in [-0.2, -0.15) is 20.1 Å². The Balaban J connectivity index is 1.79. The summed E-state index contributed by atoms with van der Waals surface area (Å²) in [4.78, 5) is 14.7. The van der Waals surface area contributed by atoms with E-state index in [4.69, 9.17) is 0 Å². The van der Waals surface area contributed by atoms with Gasteiger partial charge in [-0.1, -0.05) is 30.3 Å². The molecule has 3 aromatic rings. The van der Waals surface area contributed by atoms with Crippen LogP contribution in [-0.4, -0.2) is 35.3 Å². The van der Waals surface area contributed by atoms with E-state index in [-0.39, 0.29) is 5.82 Å². The number of rotatable bonds is 6. The molecule has 1 heterocycles. The highest BCUT2D eigenvalue weighted by Gasteiger charge is 2.08. The van der Waals surface area contributed by atoms with Crippen molar-refractivity contribution >= 4 is 29.7 Å². The number of benzene rings is 2. The Labute approximate surface area is 150 Å². The van der Waals surface area contributed by atoms with E-state index in [1.54, 1.807) is 23.2 Å². The van der Waals surface area contributed by atoms with Crippen LogP contribution < -0.4 is 15.6 Å². The van der Waals surface area contributed by atoms with Crippen molar-refractivity contribution in [3.05, 3.63) is 66.0 Å². The summed E-state index contributed by atoms with van der Waals surface area (Å²) >= 11 is 0. The second-order valence-electron chi connectivity index (χ2n) is 5.59. The van der Waals surface area contributed by atoms with Crippen molar-refractivity contribution in [1.29, 1.82) is 0 Å². The summed E-state index contributed by atoms with van der Waals surface area (Å²) in [5.41, 5.74) is 4.42. The number of nitrogens with one attached hydrogen (secondary N) is 2. The van der Waals surface area contributed by atoms with Crippen LogP contribution in [-0.2, 0) is 0 Å². The maximum Gasteiger partial charge on any atom is 0.250 e. The van der Waals surface area contributed by atoms with E-state index in [1.165, 1.54) is 12.1 Å². The molecule has 0 saturated carbocycles. The van der Waals surface area contributed by atoms with Gasteiger partial charge in [-0.15, -0.1) is 0 Å². The number of anilines is 4. The third-order valence-electron chi connectivity index (χ3n) is 3.30. The van der Waals surface area contributed by atoms with Crippen LogP contribution in [0.25, 0.3) is 0 Å². The van der Waals surface area contributed by atoms with E-state index >= 15 is 0 Å². The van der Waals surface area contributed by atoms with E-state index in [0.717, 1.165) is 5.56 Å². The average molecular weight is 351 g/mol. The molecular weight excluding hydrogens is 333 g/mol. The fourth-order valence-corrected chi connectivity index (χ4v) is 2.04. The van der Waals surface area contributed by atoms with Gasteiger partial charge in [0, 0.05) is 19.8 Å². The van der Waals surface area contributed by atoms with Crippen molar-refractivity contribution in [2.24, 2.45) is 5.10 Å². The highest BCUT2D eigenvalue weighted by molar-refractivity contribution is 5.79. The van der Waals surface area contributed by atoms with Gasteiger partial charge in [-0.05, 0) is 29.8 Å². The van der Waals surface area contributed by atoms with E-state index < -0.39 is 0 Å². The lowest BCUT2D eigenvalue weighted by Crippen LogP contribution is -2.15. The van der Waals surface area contributed by atoms with Gasteiger partial charge in [0.1, 0.15) is 5.82 Å². The third-order valence-corrected chi connectivity index (χ3v) is 3.30. The molecule has 8 heteroatoms. The highest BCUT2D eigenvalue weighted by Crippen LogP contribution is 2.17. The van der Waals surface area contributed by atoms with Crippen LogP contribution in [0.15, 0.2) is 59.7 Å². The molecule has 132 valence electrons. The molecular formula is C18H18FN7. The van der Waals surface area contributed by atoms with Crippen LogP contribution in [0.5, 0.6) is 0 Å². The van der Waals surface area contributed by atoms with E-state index in [2.05, 4.69) is 30.8 Å². The Kier molecular flexibility index (Phi) is 5.33. The van der Waals surface area contributed by atoms with Crippen LogP contribution in [0.2, 0.25) is 0 Å². The number of aromatic nitrogens is 3. The number of nitrogens with zero attached hydrogens (tertiary/aromatic N) is 5. The largest absolute Gasteiger partial charge is 0.347 e. The molecule has 0 bridgehead atoms. The summed E-state index contributed by atoms with van der Waals surface area (Å²) in [5, 5.41) is 7.18. The summed E-state index contributed by atoms with van der Waals surface area (Å²) in [5.74, 6) is 0.771. The quantitative estimate of drug-likeness (QED) is 0.524. The summed E-state index contributed by atoms with van der Waals surface area (Å²) in [6.45, 7) is 0. The number of hydrogen-bond acceptors (Lipinski definition) is 7. The van der Waals surface area contributed by atoms with Crippen molar-refractivity contribution in [3.63, 3.8) is 0 Å². The first-order valence-corrected chi connectivity index (χ1v) is 7.90. The lowest BCUT2D eigenvalue weighted by atomic mass is 10.2. The number of halogens is 1. The van der Waals surface area contributed by atoms with Crippen molar-refractivity contribution in [2.75, 3.05) is 29.7 Å². The predicted molar refractivity (Wildman–Crippen MR) is 101 cm³/mol. The minimum absolute atomic E-state index is 0.292. The van der Waals surface area contributed by atoms with Crippen LogP contribution in [0.3, 0.4) is 0 Å². The summed E-state index contributed by atoms with van der Waals surface area (Å²) in [6, 6.07) is 15.6. The molecule has 0 unspecified atom stereocenters. The normalized spacial score (nSPS) is 10.7. The average Bonchev–Trinajstić information content (AvgIpc) is 2.64. The minimum atomic E-state index is -0.308. The Morgan fingerprint density at radius 1 is 0.923 bits per heavy atom. The first kappa shape index (κ1) is 17.3. The minimum Gasteiger partial charge on any atom is -0.347 e. The lowest BCUT2D eigenvalue weighted by Gasteiger charge is -2.13. The molecule has 0 aliphatic heterocycles. The van der Waals surface area contributed by atoms with Gasteiger partial charge in [-0.3, -0.25) is 0 Å². The van der Waals surface area contributed by atoms with Crippen LogP contribution >= 0.6 is 0 Å². The fraction of sp³-hybridized carbons (Fsp3) is 0.111. The van der Waals surface area contributed by atoms with Gasteiger partial charge in [-0.25, -0.2) is 9.82 Å². The first-order valence-electron chi connectivity index (χ1n) is 7.90. The van der Waals surface area contributed by atoms with Gasteiger partial charge in [0.05, 0.1) is 6.21 Å². The molecule has 3 rings (SSSR count). The topological polar surface area (TPSA) is 78.3 Å². The van der Waals surface area contributed by atoms with E-state index in [0.29, 0.717) is 23.5 Å². The summed E-state index contributed by atoms with van der Waals surface area (Å²) in [7, 11) is 3.65. The molecule has 0 spiro atoms. The Bertz CT molecular complexity index is 880. The standard InChI is InChI=1S/C18H18FN7/c1-26(2)18-23-16(21-15-10-8-14(19)9-11-15)22-17(24-18)25-20-12-13-6-4-3-5-7-13/h3-12H,1-2H3,(H2,21,22,23,24,25)/b20-12-. The second kappa shape index (κ2) is 8.02. The molecule has 0 fully saturated rings. The van der Waals surface area contributed by atoms with Crippen molar-refractivity contribution in [3.8, 4) is 0 Å². The molecule has 0 radical (unpaired) electrons. The molecule has 2 N–H and O–H groups in total. The molecule has 26 heavy (non-hydrogen) atoms. The predicted octanol–water partition coefficient (Wildman–Crippen LogP) is 3.27. The fourth-order valence-electron chi connectivity index (χ4n) is 2.04. The highest BCUT2D eigenvalue weighted by atomic mass is 19.1. The van der Waals surface area contributed by atoms with Gasteiger partial charge < -0.3 is 10.2 Å². The van der Waals surface area contributed by atoms with Gasteiger partial charge >= 0.3 is 0 Å². The monoisotopic (exact) mass is 351 g/mol. The van der Waals surface area contributed by atoms with Crippen molar-refractivity contribution < 1.29 is 4.39 Å². The zero-order chi connectivity index (χ0) is 18.4. The molecule has 2 aromatic carbocycles. The lowest BCUT2D eigenvalue weighted by molar-refractivity contribution is 0.628. The Morgan fingerprint density at radius 2 is 1.62 bits per heavy atom. The first-order chi connectivity index (χ1) is 12.6. The third kappa shape index (κ3) is 4.73. The maximum absolute atomic E-state index is 13.0. The summed E-state index contributed by atoms with van der Waals surface area (Å²) in [6.07, 6.45) is 1.67. The van der Waals surface area contributed by atoms with Crippen LogP contribution in [0.1, 0.15) is 5.56 Å². The number of hydrogen-bond donors (Lipinski definition) is 2. The van der Waals surface area contributed by atoms with E-state index in [1.807, 2.05) is 44.4 Å². The molecule has 7 nitrogen and oxygen atoms in total. The molecule has 0 atom stereocenters. The Morgan fingerprint density at radius 3 is 2.31 bits per heavy atom. The molecule has 1 aromatic heterocycles. The summed E-state index contributed by atoms with van der Waals surface area (Å²) < 4.78 is 13.0. The number of hydrazone groups is 1. The zero-order valence-electron chi connectivity index (χ0n) is 14.4. The van der Waals surface area contributed by atoms with Crippen molar-refractivity contribution in [1.82, 2.24) is 15.0 Å². The second-order valence-corrected chi connectivity index (χ2v) is 5.59. The maximum atomic E-state index is 13.0. The van der Waals surface area contributed by atoms with E-state index in [9.17, 15) is 4.39 Å². The van der Waals surface area contributed by atoms with Gasteiger partial charge in [0.15, 0.2) is 0 Å². The molecule has 0 saturated heterocycles. The van der Waals surface area contributed by atoms with Crippen molar-refractivity contribution in [2.45, 2.75) is 0 Å². The molecule has 0 aliphatic rings. The zero-order valence-corrected chi connectivity index (χ0v) is 14.4. The van der Waals surface area contributed by atoms with Crippen LogP contribution in [0.4, 0.5) is 27.9 Å². The van der Waals surface area contributed by atoms with Gasteiger partial charge in [0.2, 0.25) is 17.8 Å². The van der Waals surface area contributed by atoms with Gasteiger partial charge in [0.25, 0.3) is 0 Å². The molecule has 0 aliphatic carbocycles. The smallest absolute Gasteiger partial charge is 0.250 e. The molecule has 0 amide bonds. The van der Waals surface area contributed by atoms with Crippen LogP contribution in [0, 0.1) is 5.82 Å². The SMILES string of the molecule is CN(C)c1nc(N/N=C\c2ccccc2)nc(Nc2ccc(F)cc2)n1. The Hall–Kier alpha value is -3.55.